The van der Waals surface area contributed by atoms with Crippen LogP contribution in [0, 0.1) is 6.92 Å². The number of nitrogens with zero attached hydrogens (tertiary/aromatic N) is 4. The van der Waals surface area contributed by atoms with Crippen molar-refractivity contribution >= 4 is 5.82 Å². The molecular formula is C12H17N5. The molecule has 90 valence electrons. The Kier molecular flexibility index (Phi) is 3.69. The fraction of sp³-hybridized carbons (Fsp3) is 0.417. The first-order valence-corrected chi connectivity index (χ1v) is 5.84. The summed E-state index contributed by atoms with van der Waals surface area (Å²) < 4.78 is 1.82. The zero-order valence-corrected chi connectivity index (χ0v) is 10.2. The van der Waals surface area contributed by atoms with Crippen molar-refractivity contribution in [2.45, 2.75) is 26.8 Å². The molecule has 0 bridgehead atoms. The molecular weight excluding hydrogens is 214 g/mol. The Morgan fingerprint density at radius 2 is 2.24 bits per heavy atom. The largest absolute Gasteiger partial charge is 0.370 e. The van der Waals surface area contributed by atoms with E-state index in [1.165, 1.54) is 0 Å². The highest BCUT2D eigenvalue weighted by atomic mass is 15.3. The molecule has 2 aromatic rings. The van der Waals surface area contributed by atoms with Crippen LogP contribution in [0.2, 0.25) is 0 Å². The highest BCUT2D eigenvalue weighted by molar-refractivity contribution is 5.35. The number of hydrogen-bond acceptors (Lipinski definition) is 4. The molecule has 5 nitrogen and oxygen atoms in total. The third kappa shape index (κ3) is 3.27. The maximum absolute atomic E-state index is 4.46. The highest BCUT2D eigenvalue weighted by Gasteiger charge is 2.02. The van der Waals surface area contributed by atoms with Crippen LogP contribution in [0.3, 0.4) is 0 Å². The molecule has 5 heteroatoms. The average molecular weight is 231 g/mol. The molecule has 0 atom stereocenters. The molecule has 2 aromatic heterocycles. The van der Waals surface area contributed by atoms with E-state index < -0.39 is 0 Å². The van der Waals surface area contributed by atoms with E-state index in [9.17, 15) is 0 Å². The van der Waals surface area contributed by atoms with Crippen molar-refractivity contribution in [3.05, 3.63) is 36.0 Å². The Hall–Kier alpha value is -1.91. The van der Waals surface area contributed by atoms with Gasteiger partial charge in [-0.05, 0) is 19.4 Å². The van der Waals surface area contributed by atoms with Gasteiger partial charge in [-0.25, -0.2) is 9.97 Å². The van der Waals surface area contributed by atoms with Gasteiger partial charge in [0.2, 0.25) is 0 Å². The zero-order valence-electron chi connectivity index (χ0n) is 10.2. The van der Waals surface area contributed by atoms with Crippen LogP contribution in [0.25, 0.3) is 0 Å². The third-order valence-corrected chi connectivity index (χ3v) is 2.32. The van der Waals surface area contributed by atoms with Gasteiger partial charge in [-0.3, -0.25) is 4.68 Å². The number of rotatable bonds is 5. The lowest BCUT2D eigenvalue weighted by atomic mass is 10.4. The van der Waals surface area contributed by atoms with E-state index in [1.807, 2.05) is 29.9 Å². The second-order valence-corrected chi connectivity index (χ2v) is 3.94. The minimum Gasteiger partial charge on any atom is -0.370 e. The minimum atomic E-state index is 0.607. The van der Waals surface area contributed by atoms with E-state index >= 15 is 0 Å². The lowest BCUT2D eigenvalue weighted by Crippen LogP contribution is -2.09. The van der Waals surface area contributed by atoms with E-state index in [0.717, 1.165) is 30.3 Å². The maximum Gasteiger partial charge on any atom is 0.152 e. The number of aromatic nitrogens is 4. The van der Waals surface area contributed by atoms with Crippen molar-refractivity contribution in [1.29, 1.82) is 0 Å². The Balaban J connectivity index is 2.13. The molecule has 0 saturated carbocycles. The molecule has 0 saturated heterocycles. The number of nitrogens with one attached hydrogen (secondary N) is 1. The topological polar surface area (TPSA) is 55.6 Å². The molecule has 0 radical (unpaired) electrons. The van der Waals surface area contributed by atoms with Gasteiger partial charge in [0, 0.05) is 30.7 Å². The summed E-state index contributed by atoms with van der Waals surface area (Å²) in [4.78, 5) is 8.87. The predicted octanol–water partition coefficient (Wildman–Crippen LogP) is 1.85. The first-order chi connectivity index (χ1) is 8.28. The van der Waals surface area contributed by atoms with Crippen molar-refractivity contribution in [3.63, 3.8) is 0 Å². The van der Waals surface area contributed by atoms with Crippen LogP contribution in [0.4, 0.5) is 5.82 Å². The van der Waals surface area contributed by atoms with Crippen molar-refractivity contribution in [1.82, 2.24) is 19.7 Å². The van der Waals surface area contributed by atoms with Gasteiger partial charge in [0.25, 0.3) is 0 Å². The number of anilines is 1. The Morgan fingerprint density at radius 1 is 1.35 bits per heavy atom. The molecule has 0 aliphatic carbocycles. The number of hydrogen-bond donors (Lipinski definition) is 1. The maximum atomic E-state index is 4.46. The van der Waals surface area contributed by atoms with E-state index in [0.29, 0.717) is 6.54 Å². The summed E-state index contributed by atoms with van der Waals surface area (Å²) >= 11 is 0. The molecule has 0 amide bonds. The summed E-state index contributed by atoms with van der Waals surface area (Å²) in [5.74, 6) is 1.67. The van der Waals surface area contributed by atoms with Crippen LogP contribution >= 0.6 is 0 Å². The summed E-state index contributed by atoms with van der Waals surface area (Å²) in [6.07, 6.45) is 4.74. The fourth-order valence-electron chi connectivity index (χ4n) is 1.58. The third-order valence-electron chi connectivity index (χ3n) is 2.32. The second kappa shape index (κ2) is 5.43. The minimum absolute atomic E-state index is 0.607. The van der Waals surface area contributed by atoms with E-state index in [4.69, 9.17) is 0 Å². The van der Waals surface area contributed by atoms with Crippen LogP contribution in [-0.4, -0.2) is 26.3 Å². The molecule has 2 rings (SSSR count). The smallest absolute Gasteiger partial charge is 0.152 e. The quantitative estimate of drug-likeness (QED) is 0.853. The molecule has 17 heavy (non-hydrogen) atoms. The lowest BCUT2D eigenvalue weighted by molar-refractivity contribution is 0.653. The van der Waals surface area contributed by atoms with Crippen LogP contribution in [0.15, 0.2) is 24.5 Å². The normalized spacial score (nSPS) is 10.5. The summed E-state index contributed by atoms with van der Waals surface area (Å²) in [5.41, 5.74) is 0.973. The summed E-state index contributed by atoms with van der Waals surface area (Å²) in [6.45, 7) is 5.64. The van der Waals surface area contributed by atoms with Gasteiger partial charge >= 0.3 is 0 Å². The van der Waals surface area contributed by atoms with Crippen molar-refractivity contribution in [3.8, 4) is 0 Å². The standard InChI is InChI=1S/C12H17N5/c1-3-5-13-11-8-10(2)15-12(16-11)9-17-7-4-6-14-17/h4,6-8H,3,5,9H2,1-2H3,(H,13,15,16). The Labute approximate surface area is 101 Å². The summed E-state index contributed by atoms with van der Waals surface area (Å²) in [5, 5.41) is 7.42. The summed E-state index contributed by atoms with van der Waals surface area (Å²) in [7, 11) is 0. The van der Waals surface area contributed by atoms with Crippen LogP contribution < -0.4 is 5.32 Å². The van der Waals surface area contributed by atoms with Crippen molar-refractivity contribution < 1.29 is 0 Å². The molecule has 1 N–H and O–H groups in total. The average Bonchev–Trinajstić information content (AvgIpc) is 2.78. The van der Waals surface area contributed by atoms with Gasteiger partial charge < -0.3 is 5.32 Å². The Bertz CT molecular complexity index is 464. The van der Waals surface area contributed by atoms with Crippen molar-refractivity contribution in [2.75, 3.05) is 11.9 Å². The monoisotopic (exact) mass is 231 g/mol. The van der Waals surface area contributed by atoms with Gasteiger partial charge in [-0.2, -0.15) is 5.10 Å². The van der Waals surface area contributed by atoms with E-state index in [-0.39, 0.29) is 0 Å². The summed E-state index contributed by atoms with van der Waals surface area (Å²) in [6, 6.07) is 3.86. The zero-order chi connectivity index (χ0) is 12.1. The molecule has 0 aliphatic heterocycles. The van der Waals surface area contributed by atoms with Gasteiger partial charge in [-0.1, -0.05) is 6.92 Å². The van der Waals surface area contributed by atoms with E-state index in [2.05, 4.69) is 27.3 Å². The van der Waals surface area contributed by atoms with Crippen LogP contribution in [0.5, 0.6) is 0 Å². The van der Waals surface area contributed by atoms with Gasteiger partial charge in [0.1, 0.15) is 12.4 Å². The lowest BCUT2D eigenvalue weighted by Gasteiger charge is -2.07. The molecule has 0 spiro atoms. The van der Waals surface area contributed by atoms with Gasteiger partial charge in [0.15, 0.2) is 5.82 Å². The first kappa shape index (κ1) is 11.6. The number of aryl methyl sites for hydroxylation is 1. The predicted molar refractivity (Wildman–Crippen MR) is 66.9 cm³/mol. The SMILES string of the molecule is CCCNc1cc(C)nc(Cn2cccn2)n1. The van der Waals surface area contributed by atoms with Crippen molar-refractivity contribution in [2.24, 2.45) is 0 Å². The molecule has 0 aliphatic rings. The van der Waals surface area contributed by atoms with Gasteiger partial charge in [0.05, 0.1) is 0 Å². The van der Waals surface area contributed by atoms with Crippen LogP contribution in [0.1, 0.15) is 24.9 Å². The molecule has 0 aromatic carbocycles. The highest BCUT2D eigenvalue weighted by Crippen LogP contribution is 2.07. The molecule has 0 fully saturated rings. The molecule has 0 unspecified atom stereocenters. The second-order valence-electron chi connectivity index (χ2n) is 3.94. The molecule has 2 heterocycles. The fourth-order valence-corrected chi connectivity index (χ4v) is 1.58. The first-order valence-electron chi connectivity index (χ1n) is 5.84. The van der Waals surface area contributed by atoms with Gasteiger partial charge in [-0.15, -0.1) is 0 Å². The van der Waals surface area contributed by atoms with E-state index in [1.54, 1.807) is 6.20 Å². The van der Waals surface area contributed by atoms with Crippen LogP contribution in [-0.2, 0) is 6.54 Å². The Morgan fingerprint density at radius 3 is 2.94 bits per heavy atom.